The van der Waals surface area contributed by atoms with Crippen LogP contribution in [-0.4, -0.2) is 6.21 Å². The van der Waals surface area contributed by atoms with Gasteiger partial charge in [-0.15, -0.1) is 0 Å². The van der Waals surface area contributed by atoms with Crippen molar-refractivity contribution in [3.63, 3.8) is 0 Å². The first-order chi connectivity index (χ1) is 8.43. The van der Waals surface area contributed by atoms with E-state index in [1.807, 2.05) is 12.3 Å². The molecule has 2 aromatic carbocycles. The minimum Gasteiger partial charge on any atom is -0.388 e. The predicted octanol–water partition coefficient (Wildman–Crippen LogP) is 3.80. The zero-order valence-electron chi connectivity index (χ0n) is 9.41. The second kappa shape index (κ2) is 4.42. The summed E-state index contributed by atoms with van der Waals surface area (Å²) in [5.41, 5.74) is 3.65. The molecule has 0 aliphatic carbocycles. The average Bonchev–Trinajstić information content (AvgIpc) is 2.94. The fourth-order valence-electron chi connectivity index (χ4n) is 2.02. The Hall–Kier alpha value is -2.09. The molecule has 2 aromatic rings. The zero-order valence-corrected chi connectivity index (χ0v) is 9.41. The van der Waals surface area contributed by atoms with E-state index in [0.29, 0.717) is 0 Å². The Morgan fingerprint density at radius 1 is 0.882 bits per heavy atom. The van der Waals surface area contributed by atoms with Gasteiger partial charge < -0.3 is 4.84 Å². The van der Waals surface area contributed by atoms with E-state index >= 15 is 0 Å². The van der Waals surface area contributed by atoms with Gasteiger partial charge in [-0.05, 0) is 16.7 Å². The highest BCUT2D eigenvalue weighted by Gasteiger charge is 2.15. The summed E-state index contributed by atoms with van der Waals surface area (Å²) in [5.74, 6) is 0. The highest BCUT2D eigenvalue weighted by atomic mass is 16.6. The smallest absolute Gasteiger partial charge is 0.157 e. The van der Waals surface area contributed by atoms with Crippen molar-refractivity contribution in [2.45, 2.75) is 12.5 Å². The molecule has 1 aliphatic heterocycles. The van der Waals surface area contributed by atoms with Crippen LogP contribution in [0.5, 0.6) is 0 Å². The molecule has 0 amide bonds. The number of nitrogens with zero attached hydrogens (tertiary/aromatic N) is 1. The van der Waals surface area contributed by atoms with E-state index in [9.17, 15) is 0 Å². The Morgan fingerprint density at radius 2 is 1.59 bits per heavy atom. The first-order valence-electron chi connectivity index (χ1n) is 5.76. The highest BCUT2D eigenvalue weighted by molar-refractivity contribution is 5.64. The first-order valence-corrected chi connectivity index (χ1v) is 5.76. The quantitative estimate of drug-likeness (QED) is 0.758. The molecule has 1 heterocycles. The SMILES string of the molecule is C1=NOC(c2ccc(-c3ccccc3)cc2)C1. The Balaban J connectivity index is 1.85. The lowest BCUT2D eigenvalue weighted by Gasteiger charge is -2.09. The molecule has 3 rings (SSSR count). The fourth-order valence-corrected chi connectivity index (χ4v) is 2.02. The van der Waals surface area contributed by atoms with Crippen LogP contribution < -0.4 is 0 Å². The van der Waals surface area contributed by atoms with Crippen molar-refractivity contribution in [3.8, 4) is 11.1 Å². The van der Waals surface area contributed by atoms with Crippen LogP contribution in [-0.2, 0) is 4.84 Å². The van der Waals surface area contributed by atoms with Crippen molar-refractivity contribution in [2.75, 3.05) is 0 Å². The number of hydrogen-bond donors (Lipinski definition) is 0. The van der Waals surface area contributed by atoms with E-state index in [4.69, 9.17) is 4.84 Å². The number of hydrogen-bond acceptors (Lipinski definition) is 2. The maximum absolute atomic E-state index is 5.25. The molecular weight excluding hydrogens is 210 g/mol. The van der Waals surface area contributed by atoms with Crippen LogP contribution in [0.4, 0.5) is 0 Å². The molecule has 0 spiro atoms. The largest absolute Gasteiger partial charge is 0.388 e. The molecule has 1 aliphatic rings. The molecule has 17 heavy (non-hydrogen) atoms. The van der Waals surface area contributed by atoms with Crippen molar-refractivity contribution in [1.29, 1.82) is 0 Å². The second-order valence-corrected chi connectivity index (χ2v) is 4.11. The Morgan fingerprint density at radius 3 is 2.24 bits per heavy atom. The summed E-state index contributed by atoms with van der Waals surface area (Å²) < 4.78 is 0. The molecule has 0 bridgehead atoms. The molecule has 2 nitrogen and oxygen atoms in total. The molecule has 0 saturated carbocycles. The van der Waals surface area contributed by atoms with Gasteiger partial charge in [0, 0.05) is 12.6 Å². The van der Waals surface area contributed by atoms with Crippen LogP contribution in [0, 0.1) is 0 Å². The standard InChI is InChI=1S/C15H13NO/c1-2-4-12(5-3-1)13-6-8-14(9-7-13)15-10-11-16-17-15/h1-9,11,15H,10H2. The monoisotopic (exact) mass is 223 g/mol. The van der Waals surface area contributed by atoms with E-state index in [0.717, 1.165) is 6.42 Å². The number of benzene rings is 2. The summed E-state index contributed by atoms with van der Waals surface area (Å²) in [6.07, 6.45) is 2.78. The summed E-state index contributed by atoms with van der Waals surface area (Å²) in [4.78, 5) is 5.25. The lowest BCUT2D eigenvalue weighted by atomic mass is 10.0. The van der Waals surface area contributed by atoms with Crippen molar-refractivity contribution in [3.05, 3.63) is 60.2 Å². The van der Waals surface area contributed by atoms with Gasteiger partial charge in [0.15, 0.2) is 6.10 Å². The third-order valence-corrected chi connectivity index (χ3v) is 2.97. The number of rotatable bonds is 2. The van der Waals surface area contributed by atoms with E-state index in [2.05, 4.69) is 53.7 Å². The van der Waals surface area contributed by atoms with E-state index in [1.54, 1.807) is 0 Å². The maximum atomic E-state index is 5.25. The number of oxime groups is 1. The molecule has 0 fully saturated rings. The van der Waals surface area contributed by atoms with Gasteiger partial charge in [0.25, 0.3) is 0 Å². The summed E-state index contributed by atoms with van der Waals surface area (Å²) in [7, 11) is 0. The van der Waals surface area contributed by atoms with Gasteiger partial charge in [-0.1, -0.05) is 59.8 Å². The van der Waals surface area contributed by atoms with Crippen molar-refractivity contribution in [2.24, 2.45) is 5.16 Å². The second-order valence-electron chi connectivity index (χ2n) is 4.11. The first kappa shape index (κ1) is 10.1. The predicted molar refractivity (Wildman–Crippen MR) is 68.8 cm³/mol. The van der Waals surface area contributed by atoms with Crippen molar-refractivity contribution >= 4 is 6.21 Å². The lowest BCUT2D eigenvalue weighted by Crippen LogP contribution is -1.95. The van der Waals surface area contributed by atoms with Crippen LogP contribution in [0.3, 0.4) is 0 Å². The molecule has 84 valence electrons. The Labute approximate surface area is 101 Å². The summed E-state index contributed by atoms with van der Waals surface area (Å²) >= 11 is 0. The average molecular weight is 223 g/mol. The molecular formula is C15H13NO. The molecule has 0 N–H and O–H groups in total. The van der Waals surface area contributed by atoms with Crippen molar-refractivity contribution < 1.29 is 4.84 Å². The van der Waals surface area contributed by atoms with E-state index in [1.165, 1.54) is 16.7 Å². The molecule has 2 heteroatoms. The van der Waals surface area contributed by atoms with Gasteiger partial charge >= 0.3 is 0 Å². The minimum absolute atomic E-state index is 0.0971. The van der Waals surface area contributed by atoms with Crippen LogP contribution in [0.2, 0.25) is 0 Å². The van der Waals surface area contributed by atoms with Crippen LogP contribution >= 0.6 is 0 Å². The topological polar surface area (TPSA) is 21.6 Å². The highest BCUT2D eigenvalue weighted by Crippen LogP contribution is 2.27. The summed E-state index contributed by atoms with van der Waals surface area (Å²) in [5, 5.41) is 3.80. The minimum atomic E-state index is 0.0971. The Kier molecular flexibility index (Phi) is 2.62. The van der Waals surface area contributed by atoms with Gasteiger partial charge in [0.2, 0.25) is 0 Å². The molecule has 0 aromatic heterocycles. The summed E-state index contributed by atoms with van der Waals surface area (Å²) in [6.45, 7) is 0. The lowest BCUT2D eigenvalue weighted by molar-refractivity contribution is 0.0858. The normalized spacial score (nSPS) is 18.0. The van der Waals surface area contributed by atoms with Gasteiger partial charge in [0.1, 0.15) is 0 Å². The fraction of sp³-hybridized carbons (Fsp3) is 0.133. The van der Waals surface area contributed by atoms with Gasteiger partial charge in [0.05, 0.1) is 0 Å². The van der Waals surface area contributed by atoms with Crippen LogP contribution in [0.15, 0.2) is 59.8 Å². The van der Waals surface area contributed by atoms with Gasteiger partial charge in [-0.2, -0.15) is 0 Å². The molecule has 0 radical (unpaired) electrons. The van der Waals surface area contributed by atoms with Gasteiger partial charge in [-0.3, -0.25) is 0 Å². The van der Waals surface area contributed by atoms with Crippen molar-refractivity contribution in [1.82, 2.24) is 0 Å². The molecule has 1 atom stereocenters. The third kappa shape index (κ3) is 2.07. The third-order valence-electron chi connectivity index (χ3n) is 2.97. The zero-order chi connectivity index (χ0) is 11.5. The summed E-state index contributed by atoms with van der Waals surface area (Å²) in [6, 6.07) is 18.9. The van der Waals surface area contributed by atoms with Gasteiger partial charge in [-0.25, -0.2) is 0 Å². The van der Waals surface area contributed by atoms with E-state index < -0.39 is 0 Å². The van der Waals surface area contributed by atoms with E-state index in [-0.39, 0.29) is 6.10 Å². The Bertz CT molecular complexity index is 508. The van der Waals surface area contributed by atoms with Crippen LogP contribution in [0.1, 0.15) is 18.1 Å². The molecule has 1 unspecified atom stereocenters. The maximum Gasteiger partial charge on any atom is 0.157 e. The molecule has 0 saturated heterocycles. The van der Waals surface area contributed by atoms with Crippen LogP contribution in [0.25, 0.3) is 11.1 Å².